The molecule has 0 unspecified atom stereocenters. The molecule has 0 saturated heterocycles. The van der Waals surface area contributed by atoms with Crippen molar-refractivity contribution in [3.8, 4) is 11.3 Å². The molecule has 3 heterocycles. The number of hydrogen-bond acceptors (Lipinski definition) is 6. The van der Waals surface area contributed by atoms with Crippen molar-refractivity contribution >= 4 is 33.2 Å². The van der Waals surface area contributed by atoms with Gasteiger partial charge < -0.3 is 10.5 Å². The number of esters is 1. The molecule has 1 aliphatic rings. The van der Waals surface area contributed by atoms with Gasteiger partial charge in [0.25, 0.3) is 0 Å². The summed E-state index contributed by atoms with van der Waals surface area (Å²) in [6.07, 6.45) is 8.87. The third kappa shape index (κ3) is 3.22. The van der Waals surface area contributed by atoms with Gasteiger partial charge >= 0.3 is 5.97 Å². The van der Waals surface area contributed by atoms with E-state index in [4.69, 9.17) is 10.5 Å². The second-order valence-corrected chi connectivity index (χ2v) is 7.30. The summed E-state index contributed by atoms with van der Waals surface area (Å²) in [4.78, 5) is 22.5. The van der Waals surface area contributed by atoms with E-state index in [1.807, 2.05) is 24.3 Å². The Labute approximate surface area is 149 Å². The molecular weight excluding hydrogens is 334 g/mol. The number of nitrogen functional groups attached to an aromatic ring is 1. The van der Waals surface area contributed by atoms with E-state index in [1.165, 1.54) is 17.8 Å². The Balaban J connectivity index is 1.63. The van der Waals surface area contributed by atoms with Crippen molar-refractivity contribution in [1.29, 1.82) is 0 Å². The number of carbonyl (C=O) groups is 1. The number of nitrogens with zero attached hydrogens (tertiary/aromatic N) is 2. The summed E-state index contributed by atoms with van der Waals surface area (Å²) in [6.45, 7) is 0. The average molecular weight is 353 g/mol. The van der Waals surface area contributed by atoms with Crippen molar-refractivity contribution in [3.05, 3.63) is 41.5 Å². The maximum absolute atomic E-state index is 12.5. The van der Waals surface area contributed by atoms with Crippen molar-refractivity contribution in [2.24, 2.45) is 0 Å². The van der Waals surface area contributed by atoms with Gasteiger partial charge in [-0.3, -0.25) is 4.98 Å². The van der Waals surface area contributed by atoms with E-state index < -0.39 is 0 Å². The Morgan fingerprint density at radius 1 is 1.20 bits per heavy atom. The molecule has 3 aromatic rings. The van der Waals surface area contributed by atoms with Crippen molar-refractivity contribution in [2.45, 2.75) is 38.2 Å². The van der Waals surface area contributed by atoms with E-state index in [2.05, 4.69) is 9.97 Å². The molecule has 3 aromatic heterocycles. The summed E-state index contributed by atoms with van der Waals surface area (Å²) in [6, 6.07) is 7.64. The first-order chi connectivity index (χ1) is 12.2. The highest BCUT2D eigenvalue weighted by molar-refractivity contribution is 7.21. The fourth-order valence-corrected chi connectivity index (χ4v) is 4.19. The standard InChI is InChI=1S/C19H19N3O2S/c20-16-14-8-9-15(12-5-4-10-21-11-12)22-18(14)25-17(16)19(23)24-13-6-2-1-3-7-13/h4-5,8-11,13H,1-3,6-7,20H2. The number of pyridine rings is 2. The molecule has 0 bridgehead atoms. The van der Waals surface area contributed by atoms with Crippen LogP contribution in [0.15, 0.2) is 36.7 Å². The zero-order valence-electron chi connectivity index (χ0n) is 13.8. The molecule has 1 aliphatic carbocycles. The SMILES string of the molecule is Nc1c(C(=O)OC2CCCCC2)sc2nc(-c3cccnc3)ccc12. The van der Waals surface area contributed by atoms with Gasteiger partial charge in [0, 0.05) is 23.3 Å². The normalized spacial score (nSPS) is 15.4. The fourth-order valence-electron chi connectivity index (χ4n) is 3.21. The van der Waals surface area contributed by atoms with Crippen LogP contribution < -0.4 is 5.73 Å². The molecule has 5 nitrogen and oxygen atoms in total. The van der Waals surface area contributed by atoms with E-state index in [0.717, 1.165) is 47.2 Å². The van der Waals surface area contributed by atoms with Gasteiger partial charge in [-0.2, -0.15) is 0 Å². The molecule has 128 valence electrons. The Kier molecular flexibility index (Phi) is 4.36. The zero-order valence-corrected chi connectivity index (χ0v) is 14.6. The highest BCUT2D eigenvalue weighted by Gasteiger charge is 2.23. The fraction of sp³-hybridized carbons (Fsp3) is 0.316. The maximum atomic E-state index is 12.5. The van der Waals surface area contributed by atoms with Crippen LogP contribution in [-0.2, 0) is 4.74 Å². The summed E-state index contributed by atoms with van der Waals surface area (Å²) in [5, 5.41) is 0.799. The van der Waals surface area contributed by atoms with Gasteiger partial charge in [-0.05, 0) is 49.9 Å². The van der Waals surface area contributed by atoms with Crippen LogP contribution in [0.1, 0.15) is 41.8 Å². The monoisotopic (exact) mass is 353 g/mol. The number of anilines is 1. The largest absolute Gasteiger partial charge is 0.458 e. The first-order valence-corrected chi connectivity index (χ1v) is 9.34. The minimum atomic E-state index is -0.324. The molecular formula is C19H19N3O2S. The number of aromatic nitrogens is 2. The maximum Gasteiger partial charge on any atom is 0.350 e. The lowest BCUT2D eigenvalue weighted by atomic mass is 9.98. The van der Waals surface area contributed by atoms with Gasteiger partial charge in [-0.1, -0.05) is 6.42 Å². The minimum absolute atomic E-state index is 0.0183. The average Bonchev–Trinajstić information content (AvgIpc) is 2.99. The summed E-state index contributed by atoms with van der Waals surface area (Å²) in [5.74, 6) is -0.324. The zero-order chi connectivity index (χ0) is 17.2. The lowest BCUT2D eigenvalue weighted by Crippen LogP contribution is -2.20. The Morgan fingerprint density at radius 2 is 2.04 bits per heavy atom. The highest BCUT2D eigenvalue weighted by Crippen LogP contribution is 2.35. The van der Waals surface area contributed by atoms with Crippen molar-refractivity contribution in [2.75, 3.05) is 5.73 Å². The molecule has 0 aromatic carbocycles. The van der Waals surface area contributed by atoms with E-state index in [1.54, 1.807) is 12.4 Å². The minimum Gasteiger partial charge on any atom is -0.458 e. The Morgan fingerprint density at radius 3 is 2.80 bits per heavy atom. The smallest absolute Gasteiger partial charge is 0.350 e. The Hall–Kier alpha value is -2.47. The van der Waals surface area contributed by atoms with Gasteiger partial charge in [-0.25, -0.2) is 9.78 Å². The summed E-state index contributed by atoms with van der Waals surface area (Å²) < 4.78 is 5.66. The highest BCUT2D eigenvalue weighted by atomic mass is 32.1. The van der Waals surface area contributed by atoms with Crippen LogP contribution in [0, 0.1) is 0 Å². The second kappa shape index (κ2) is 6.80. The van der Waals surface area contributed by atoms with Gasteiger partial charge in [0.05, 0.1) is 11.4 Å². The molecule has 25 heavy (non-hydrogen) atoms. The van der Waals surface area contributed by atoms with Crippen LogP contribution in [0.4, 0.5) is 5.69 Å². The van der Waals surface area contributed by atoms with Crippen LogP contribution in [-0.4, -0.2) is 22.0 Å². The quantitative estimate of drug-likeness (QED) is 0.705. The van der Waals surface area contributed by atoms with E-state index in [-0.39, 0.29) is 12.1 Å². The molecule has 6 heteroatoms. The van der Waals surface area contributed by atoms with Gasteiger partial charge in [0.1, 0.15) is 15.8 Å². The predicted molar refractivity (Wildman–Crippen MR) is 99.6 cm³/mol. The van der Waals surface area contributed by atoms with Crippen molar-refractivity contribution < 1.29 is 9.53 Å². The number of rotatable bonds is 3. The predicted octanol–water partition coefficient (Wildman–Crippen LogP) is 4.43. The van der Waals surface area contributed by atoms with Gasteiger partial charge in [0.15, 0.2) is 0 Å². The molecule has 0 amide bonds. The van der Waals surface area contributed by atoms with Crippen LogP contribution in [0.5, 0.6) is 0 Å². The summed E-state index contributed by atoms with van der Waals surface area (Å²) >= 11 is 1.30. The number of nitrogens with two attached hydrogens (primary N) is 1. The van der Waals surface area contributed by atoms with E-state index >= 15 is 0 Å². The molecule has 0 spiro atoms. The number of thiophene rings is 1. The first-order valence-electron chi connectivity index (χ1n) is 8.53. The third-order valence-electron chi connectivity index (χ3n) is 4.56. The molecule has 2 N–H and O–H groups in total. The van der Waals surface area contributed by atoms with Crippen LogP contribution in [0.2, 0.25) is 0 Å². The molecule has 1 saturated carbocycles. The number of hydrogen-bond donors (Lipinski definition) is 1. The van der Waals surface area contributed by atoms with Crippen molar-refractivity contribution in [1.82, 2.24) is 9.97 Å². The topological polar surface area (TPSA) is 78.1 Å². The van der Waals surface area contributed by atoms with Gasteiger partial charge in [-0.15, -0.1) is 11.3 Å². The number of ether oxygens (including phenoxy) is 1. The van der Waals surface area contributed by atoms with Crippen LogP contribution in [0.25, 0.3) is 21.5 Å². The van der Waals surface area contributed by atoms with E-state index in [9.17, 15) is 4.79 Å². The lowest BCUT2D eigenvalue weighted by molar-refractivity contribution is 0.0218. The number of fused-ring (bicyclic) bond motifs is 1. The lowest BCUT2D eigenvalue weighted by Gasteiger charge is -2.21. The number of carbonyl (C=O) groups excluding carboxylic acids is 1. The van der Waals surface area contributed by atoms with Crippen LogP contribution >= 0.6 is 11.3 Å². The van der Waals surface area contributed by atoms with Gasteiger partial charge in [0.2, 0.25) is 0 Å². The third-order valence-corrected chi connectivity index (χ3v) is 5.66. The molecule has 0 atom stereocenters. The molecule has 0 aliphatic heterocycles. The second-order valence-electron chi connectivity index (χ2n) is 6.30. The first kappa shape index (κ1) is 16.0. The van der Waals surface area contributed by atoms with Crippen molar-refractivity contribution in [3.63, 3.8) is 0 Å². The molecule has 0 radical (unpaired) electrons. The summed E-state index contributed by atoms with van der Waals surface area (Å²) in [5.41, 5.74) is 8.40. The molecule has 4 rings (SSSR count). The van der Waals surface area contributed by atoms with Crippen LogP contribution in [0.3, 0.4) is 0 Å². The summed E-state index contributed by atoms with van der Waals surface area (Å²) in [7, 11) is 0. The molecule has 1 fully saturated rings. The Bertz CT molecular complexity index is 902. The van der Waals surface area contributed by atoms with E-state index in [0.29, 0.717) is 10.6 Å².